The maximum atomic E-state index is 11.8. The normalized spacial score (nSPS) is 10.5. The van der Waals surface area contributed by atoms with Crippen LogP contribution in [0.2, 0.25) is 0 Å². The average Bonchev–Trinajstić information content (AvgIpc) is 3.09. The average molecular weight is 337 g/mol. The van der Waals surface area contributed by atoms with Crippen molar-refractivity contribution < 1.29 is 14.1 Å². The van der Waals surface area contributed by atoms with Gasteiger partial charge in [-0.05, 0) is 37.3 Å². The van der Waals surface area contributed by atoms with Crippen LogP contribution >= 0.6 is 0 Å². The van der Waals surface area contributed by atoms with E-state index in [4.69, 9.17) is 9.26 Å². The molecule has 0 fully saturated rings. The van der Waals surface area contributed by atoms with Crippen molar-refractivity contribution in [1.29, 1.82) is 0 Å². The Morgan fingerprint density at radius 2 is 1.92 bits per heavy atom. The van der Waals surface area contributed by atoms with Crippen molar-refractivity contribution in [1.82, 2.24) is 15.0 Å². The molecule has 0 spiro atoms. The van der Waals surface area contributed by atoms with E-state index in [-0.39, 0.29) is 12.5 Å². The van der Waals surface area contributed by atoms with Crippen LogP contribution < -0.4 is 4.74 Å². The van der Waals surface area contributed by atoms with Crippen molar-refractivity contribution >= 4 is 5.91 Å². The third-order valence-corrected chi connectivity index (χ3v) is 3.61. The fourth-order valence-electron chi connectivity index (χ4n) is 2.31. The van der Waals surface area contributed by atoms with E-state index in [1.165, 1.54) is 4.90 Å². The monoisotopic (exact) mass is 337 g/mol. The van der Waals surface area contributed by atoms with Gasteiger partial charge >= 0.3 is 0 Å². The van der Waals surface area contributed by atoms with Crippen molar-refractivity contribution in [2.45, 2.75) is 13.5 Å². The Morgan fingerprint density at radius 1 is 1.16 bits per heavy atom. The Kier molecular flexibility index (Phi) is 4.79. The van der Waals surface area contributed by atoms with Gasteiger partial charge in [-0.25, -0.2) is 0 Å². The molecule has 0 atom stereocenters. The molecule has 1 heterocycles. The van der Waals surface area contributed by atoms with E-state index in [0.717, 1.165) is 11.1 Å². The molecule has 1 amide bonds. The molecule has 0 radical (unpaired) electrons. The highest BCUT2D eigenvalue weighted by molar-refractivity contribution is 5.93. The minimum atomic E-state index is -0.0498. The van der Waals surface area contributed by atoms with Gasteiger partial charge in [-0.1, -0.05) is 28.9 Å². The lowest BCUT2D eigenvalue weighted by molar-refractivity contribution is 0.0827. The van der Waals surface area contributed by atoms with Crippen LogP contribution in [-0.4, -0.2) is 35.0 Å². The number of ether oxygens (including phenoxy) is 1. The minimum Gasteiger partial charge on any atom is -0.484 e. The second kappa shape index (κ2) is 7.17. The van der Waals surface area contributed by atoms with Gasteiger partial charge in [0.1, 0.15) is 5.75 Å². The molecule has 2 aromatic carbocycles. The first kappa shape index (κ1) is 16.7. The second-order valence-corrected chi connectivity index (χ2v) is 5.89. The van der Waals surface area contributed by atoms with Crippen LogP contribution in [-0.2, 0) is 6.61 Å². The maximum Gasteiger partial charge on any atom is 0.264 e. The first-order valence-corrected chi connectivity index (χ1v) is 7.87. The van der Waals surface area contributed by atoms with Gasteiger partial charge in [0.25, 0.3) is 11.8 Å². The standard InChI is InChI=1S/C19H19N3O3/c1-13-5-4-6-15(11-13)18-20-17(25-21-18)12-24-16-9-7-14(8-10-16)19(23)22(2)3/h4-11H,12H2,1-3H3. The molecule has 3 rings (SSSR count). The topological polar surface area (TPSA) is 68.5 Å². The summed E-state index contributed by atoms with van der Waals surface area (Å²) in [5.41, 5.74) is 2.64. The molecule has 6 nitrogen and oxygen atoms in total. The summed E-state index contributed by atoms with van der Waals surface area (Å²) in [4.78, 5) is 17.7. The zero-order valence-corrected chi connectivity index (χ0v) is 14.4. The van der Waals surface area contributed by atoms with Gasteiger partial charge in [0.15, 0.2) is 6.61 Å². The summed E-state index contributed by atoms with van der Waals surface area (Å²) in [6.45, 7) is 2.18. The highest BCUT2D eigenvalue weighted by atomic mass is 16.5. The molecule has 0 aliphatic rings. The number of benzene rings is 2. The molecule has 0 saturated carbocycles. The van der Waals surface area contributed by atoms with Gasteiger partial charge in [-0.2, -0.15) is 4.98 Å². The molecule has 6 heteroatoms. The Labute approximate surface area is 146 Å². The van der Waals surface area contributed by atoms with Gasteiger partial charge in [-0.15, -0.1) is 0 Å². The second-order valence-electron chi connectivity index (χ2n) is 5.89. The summed E-state index contributed by atoms with van der Waals surface area (Å²) in [5, 5.41) is 3.98. The lowest BCUT2D eigenvalue weighted by Crippen LogP contribution is -2.21. The summed E-state index contributed by atoms with van der Waals surface area (Å²) in [5.74, 6) is 1.51. The SMILES string of the molecule is Cc1cccc(-c2noc(COc3ccc(C(=O)N(C)C)cc3)n2)c1. The van der Waals surface area contributed by atoms with E-state index in [0.29, 0.717) is 23.0 Å². The van der Waals surface area contributed by atoms with E-state index in [2.05, 4.69) is 10.1 Å². The number of hydrogen-bond donors (Lipinski definition) is 0. The van der Waals surface area contributed by atoms with E-state index in [1.54, 1.807) is 38.4 Å². The molecule has 1 aromatic heterocycles. The number of aryl methyl sites for hydroxylation is 1. The van der Waals surface area contributed by atoms with Crippen LogP contribution in [0.4, 0.5) is 0 Å². The van der Waals surface area contributed by atoms with E-state index in [9.17, 15) is 4.79 Å². The quantitative estimate of drug-likeness (QED) is 0.714. The van der Waals surface area contributed by atoms with Gasteiger partial charge in [-0.3, -0.25) is 4.79 Å². The molecule has 0 aliphatic heterocycles. The fraction of sp³-hybridized carbons (Fsp3) is 0.211. The van der Waals surface area contributed by atoms with Crippen molar-refractivity contribution in [2.75, 3.05) is 14.1 Å². The summed E-state index contributed by atoms with van der Waals surface area (Å²) in [6.07, 6.45) is 0. The van der Waals surface area contributed by atoms with E-state index < -0.39 is 0 Å². The Morgan fingerprint density at radius 3 is 2.60 bits per heavy atom. The molecule has 0 aliphatic carbocycles. The molecular formula is C19H19N3O3. The third-order valence-electron chi connectivity index (χ3n) is 3.61. The summed E-state index contributed by atoms with van der Waals surface area (Å²) >= 11 is 0. The van der Waals surface area contributed by atoms with Gasteiger partial charge in [0.05, 0.1) is 0 Å². The number of nitrogens with zero attached hydrogens (tertiary/aromatic N) is 3. The molecule has 25 heavy (non-hydrogen) atoms. The summed E-state index contributed by atoms with van der Waals surface area (Å²) in [7, 11) is 3.43. The fourth-order valence-corrected chi connectivity index (χ4v) is 2.31. The van der Waals surface area contributed by atoms with Crippen LogP contribution in [0, 0.1) is 6.92 Å². The third kappa shape index (κ3) is 4.03. The van der Waals surface area contributed by atoms with Crippen molar-refractivity contribution in [3.8, 4) is 17.1 Å². The highest BCUT2D eigenvalue weighted by Crippen LogP contribution is 2.18. The molecule has 0 unspecified atom stereocenters. The van der Waals surface area contributed by atoms with E-state index >= 15 is 0 Å². The Bertz CT molecular complexity index is 870. The predicted molar refractivity (Wildman–Crippen MR) is 93.3 cm³/mol. The summed E-state index contributed by atoms with van der Waals surface area (Å²) < 4.78 is 10.9. The Balaban J connectivity index is 1.63. The number of carbonyl (C=O) groups is 1. The van der Waals surface area contributed by atoms with Crippen LogP contribution in [0.25, 0.3) is 11.4 Å². The Hall–Kier alpha value is -3.15. The zero-order valence-electron chi connectivity index (χ0n) is 14.4. The number of amides is 1. The van der Waals surface area contributed by atoms with Crippen LogP contribution in [0.5, 0.6) is 5.75 Å². The number of aromatic nitrogens is 2. The molecule has 0 N–H and O–H groups in total. The maximum absolute atomic E-state index is 11.8. The van der Waals surface area contributed by atoms with Crippen molar-refractivity contribution in [3.63, 3.8) is 0 Å². The molecule has 128 valence electrons. The zero-order chi connectivity index (χ0) is 17.8. The number of hydrogen-bond acceptors (Lipinski definition) is 5. The lowest BCUT2D eigenvalue weighted by Gasteiger charge is -2.10. The van der Waals surface area contributed by atoms with Crippen molar-refractivity contribution in [2.24, 2.45) is 0 Å². The smallest absolute Gasteiger partial charge is 0.264 e. The lowest BCUT2D eigenvalue weighted by atomic mass is 10.1. The van der Waals surface area contributed by atoms with E-state index in [1.807, 2.05) is 31.2 Å². The van der Waals surface area contributed by atoms with Gasteiger partial charge in [0, 0.05) is 25.2 Å². The molecule has 0 saturated heterocycles. The highest BCUT2D eigenvalue weighted by Gasteiger charge is 2.10. The van der Waals surface area contributed by atoms with Crippen LogP contribution in [0.3, 0.4) is 0 Å². The van der Waals surface area contributed by atoms with Gasteiger partial charge < -0.3 is 14.2 Å². The predicted octanol–water partition coefficient (Wildman–Crippen LogP) is 3.33. The minimum absolute atomic E-state index is 0.0498. The molecule has 3 aromatic rings. The van der Waals surface area contributed by atoms with Crippen LogP contribution in [0.1, 0.15) is 21.8 Å². The summed E-state index contributed by atoms with van der Waals surface area (Å²) in [6, 6.07) is 14.8. The van der Waals surface area contributed by atoms with Crippen molar-refractivity contribution in [3.05, 3.63) is 65.5 Å². The van der Waals surface area contributed by atoms with Gasteiger partial charge in [0.2, 0.25) is 5.82 Å². The molecule has 0 bridgehead atoms. The number of rotatable bonds is 5. The first-order valence-electron chi connectivity index (χ1n) is 7.87. The molecular weight excluding hydrogens is 318 g/mol. The van der Waals surface area contributed by atoms with Crippen LogP contribution in [0.15, 0.2) is 53.1 Å². The number of carbonyl (C=O) groups excluding carboxylic acids is 1. The largest absolute Gasteiger partial charge is 0.484 e. The first-order chi connectivity index (χ1) is 12.0.